The number of hydrogen-bond acceptors (Lipinski definition) is 10. The number of aliphatic hydroxyl groups is 1. The predicted octanol–water partition coefficient (Wildman–Crippen LogP) is 4.35. The molecule has 1 aromatic carbocycles. The number of nitrogens with one attached hydrogen (secondary N) is 2. The molecule has 2 aromatic heterocycles. The number of morpholine rings is 1. The topological polar surface area (TPSA) is 131 Å². The molecule has 0 saturated carbocycles. The molecule has 10 nitrogen and oxygen atoms in total. The minimum Gasteiger partial charge on any atom is -0.506 e. The molecule has 2 fully saturated rings. The van der Waals surface area contributed by atoms with Gasteiger partial charge in [-0.25, -0.2) is 4.98 Å². The Labute approximate surface area is 267 Å². The zero-order valence-corrected chi connectivity index (χ0v) is 27.4. The van der Waals surface area contributed by atoms with E-state index in [0.717, 1.165) is 67.5 Å². The molecule has 5 rings (SSSR count). The van der Waals surface area contributed by atoms with Crippen LogP contribution in [0, 0.1) is 6.92 Å². The van der Waals surface area contributed by atoms with Crippen LogP contribution in [0.5, 0.6) is 5.75 Å². The van der Waals surface area contributed by atoms with Crippen LogP contribution >= 0.6 is 22.7 Å². The lowest BCUT2D eigenvalue weighted by Crippen LogP contribution is -2.58. The van der Waals surface area contributed by atoms with Crippen LogP contribution in [0.25, 0.3) is 10.2 Å². The Morgan fingerprint density at radius 3 is 2.64 bits per heavy atom. The normalized spacial score (nSPS) is 17.9. The lowest BCUT2D eigenvalue weighted by Gasteiger charge is -2.47. The molecule has 44 heavy (non-hydrogen) atoms. The van der Waals surface area contributed by atoms with Crippen molar-refractivity contribution in [3.8, 4) is 5.75 Å². The van der Waals surface area contributed by atoms with E-state index in [9.17, 15) is 19.8 Å². The molecule has 1 spiro atoms. The summed E-state index contributed by atoms with van der Waals surface area (Å²) in [6.07, 6.45) is 10.1. The Balaban J connectivity index is 0.878. The highest BCUT2D eigenvalue weighted by Gasteiger charge is 2.40. The van der Waals surface area contributed by atoms with Gasteiger partial charge in [0.15, 0.2) is 0 Å². The van der Waals surface area contributed by atoms with Gasteiger partial charge in [-0.1, -0.05) is 49.5 Å². The number of rotatable bonds is 15. The van der Waals surface area contributed by atoms with Crippen molar-refractivity contribution in [1.29, 1.82) is 0 Å². The van der Waals surface area contributed by atoms with Crippen molar-refractivity contribution in [2.45, 2.75) is 82.8 Å². The van der Waals surface area contributed by atoms with Gasteiger partial charge < -0.3 is 35.1 Å². The number of H-pyrrole nitrogens is 1. The van der Waals surface area contributed by atoms with Gasteiger partial charge in [0.2, 0.25) is 5.91 Å². The number of carbonyl (C=O) groups is 1. The molecule has 2 saturated heterocycles. The molecular formula is C32H47N5O5S2. The number of amides is 1. The molecule has 2 aliphatic heterocycles. The first kappa shape index (κ1) is 33.0. The highest BCUT2D eigenvalue weighted by Crippen LogP contribution is 2.32. The van der Waals surface area contributed by atoms with Crippen molar-refractivity contribution in [2.75, 3.05) is 52.4 Å². The van der Waals surface area contributed by atoms with E-state index in [-0.39, 0.29) is 22.1 Å². The number of aliphatic hydroxyl groups excluding tert-OH is 1. The lowest BCUT2D eigenvalue weighted by atomic mass is 9.89. The van der Waals surface area contributed by atoms with E-state index in [1.54, 1.807) is 17.4 Å². The second kappa shape index (κ2) is 15.8. The number of aryl methyl sites for hydroxylation is 1. The molecule has 2 aliphatic rings. The standard InChI is InChI=1S/C32H47N5O5S2/c1-23-34-24(21-43-23)19-28(40)37-17-18-42-32(22-37)11-15-36(16-12-32)14-8-6-4-2-3-5-7-13-33-20-27(39)25-9-10-26(38)29-30(25)44-31(41)35-29/h9-10,21,27,33,38-39H,2-8,11-20,22H2,1H3,(H,35,41). The molecule has 1 amide bonds. The molecule has 1 unspecified atom stereocenters. The molecule has 1 atom stereocenters. The van der Waals surface area contributed by atoms with Crippen LogP contribution in [-0.2, 0) is 16.0 Å². The van der Waals surface area contributed by atoms with Gasteiger partial charge in [0, 0.05) is 43.7 Å². The summed E-state index contributed by atoms with van der Waals surface area (Å²) in [5.41, 5.74) is 1.76. The number of unbranched alkanes of at least 4 members (excludes halogenated alkanes) is 6. The van der Waals surface area contributed by atoms with Gasteiger partial charge >= 0.3 is 4.87 Å². The first-order chi connectivity index (χ1) is 21.3. The fraction of sp³-hybridized carbons (Fsp3) is 0.656. The van der Waals surface area contributed by atoms with Gasteiger partial charge in [-0.05, 0) is 51.8 Å². The van der Waals surface area contributed by atoms with E-state index in [4.69, 9.17) is 4.74 Å². The number of aromatic nitrogens is 2. The average Bonchev–Trinajstić information content (AvgIpc) is 3.61. The number of aromatic hydroxyl groups is 1. The Bertz CT molecular complexity index is 1410. The molecular weight excluding hydrogens is 599 g/mol. The fourth-order valence-electron chi connectivity index (χ4n) is 6.42. The molecule has 0 aliphatic carbocycles. The highest BCUT2D eigenvalue weighted by molar-refractivity contribution is 7.16. The second-order valence-corrected chi connectivity index (χ2v) is 14.4. The van der Waals surface area contributed by atoms with E-state index < -0.39 is 6.10 Å². The number of fused-ring (bicyclic) bond motifs is 1. The summed E-state index contributed by atoms with van der Waals surface area (Å²) in [6.45, 7) is 8.47. The van der Waals surface area contributed by atoms with Gasteiger partial charge in [-0.3, -0.25) is 9.59 Å². The quantitative estimate of drug-likeness (QED) is 0.180. The molecule has 0 radical (unpaired) electrons. The van der Waals surface area contributed by atoms with Crippen molar-refractivity contribution >= 4 is 38.8 Å². The van der Waals surface area contributed by atoms with E-state index in [0.29, 0.717) is 48.4 Å². The summed E-state index contributed by atoms with van der Waals surface area (Å²) >= 11 is 2.61. The van der Waals surface area contributed by atoms with Crippen molar-refractivity contribution in [3.05, 3.63) is 43.4 Å². The summed E-state index contributed by atoms with van der Waals surface area (Å²) in [7, 11) is 0. The Morgan fingerprint density at radius 2 is 1.89 bits per heavy atom. The van der Waals surface area contributed by atoms with Crippen LogP contribution in [0.3, 0.4) is 0 Å². The van der Waals surface area contributed by atoms with E-state index in [2.05, 4.69) is 20.2 Å². The van der Waals surface area contributed by atoms with Crippen LogP contribution < -0.4 is 10.2 Å². The Kier molecular flexibility index (Phi) is 11.8. The zero-order chi connectivity index (χ0) is 30.9. The van der Waals surface area contributed by atoms with Gasteiger partial charge in [-0.2, -0.15) is 0 Å². The van der Waals surface area contributed by atoms with E-state index in [1.165, 1.54) is 44.6 Å². The number of thiazole rings is 2. The third kappa shape index (κ3) is 8.88. The molecule has 4 heterocycles. The number of benzene rings is 1. The summed E-state index contributed by atoms with van der Waals surface area (Å²) in [6, 6.07) is 3.20. The van der Waals surface area contributed by atoms with E-state index in [1.807, 2.05) is 17.2 Å². The number of phenolic OH excluding ortho intramolecular Hbond substituents is 1. The highest BCUT2D eigenvalue weighted by atomic mass is 32.1. The maximum absolute atomic E-state index is 12.9. The number of piperidine rings is 1. The summed E-state index contributed by atoms with van der Waals surface area (Å²) in [5, 5.41) is 26.9. The monoisotopic (exact) mass is 645 g/mol. The first-order valence-corrected chi connectivity index (χ1v) is 17.8. The summed E-state index contributed by atoms with van der Waals surface area (Å²) in [4.78, 5) is 36.0. The summed E-state index contributed by atoms with van der Waals surface area (Å²) < 4.78 is 6.89. The third-order valence-electron chi connectivity index (χ3n) is 8.98. The number of nitrogens with zero attached hydrogens (tertiary/aromatic N) is 3. The second-order valence-electron chi connectivity index (χ2n) is 12.3. The number of likely N-dealkylation sites (tertiary alicyclic amines) is 1. The van der Waals surface area contributed by atoms with Crippen LogP contribution in [-0.4, -0.2) is 93.9 Å². The Hall–Kier alpha value is -2.35. The van der Waals surface area contributed by atoms with Crippen LogP contribution in [0.4, 0.5) is 0 Å². The van der Waals surface area contributed by atoms with Crippen molar-refractivity contribution < 1.29 is 19.7 Å². The molecule has 12 heteroatoms. The number of hydrogen-bond donors (Lipinski definition) is 4. The zero-order valence-electron chi connectivity index (χ0n) is 25.8. The Morgan fingerprint density at radius 1 is 1.14 bits per heavy atom. The number of aromatic amines is 1. The lowest BCUT2D eigenvalue weighted by molar-refractivity contribution is -0.159. The maximum atomic E-state index is 12.9. The fourth-order valence-corrected chi connectivity index (χ4v) is 7.95. The van der Waals surface area contributed by atoms with Crippen molar-refractivity contribution in [2.24, 2.45) is 0 Å². The maximum Gasteiger partial charge on any atom is 0.305 e. The summed E-state index contributed by atoms with van der Waals surface area (Å²) in [5.74, 6) is 0.192. The van der Waals surface area contributed by atoms with Crippen molar-refractivity contribution in [1.82, 2.24) is 25.1 Å². The third-order valence-corrected chi connectivity index (χ3v) is 10.7. The largest absolute Gasteiger partial charge is 0.506 e. The SMILES string of the molecule is Cc1nc(CC(=O)N2CCOC3(CCN(CCCCCCCCCNCC(O)c4ccc(O)c5[nH]c(=O)sc45)CC3)C2)cs1. The number of ether oxygens (including phenoxy) is 1. The van der Waals surface area contributed by atoms with E-state index >= 15 is 0 Å². The predicted molar refractivity (Wildman–Crippen MR) is 176 cm³/mol. The van der Waals surface area contributed by atoms with Gasteiger partial charge in [-0.15, -0.1) is 11.3 Å². The molecule has 3 aromatic rings. The average molecular weight is 646 g/mol. The van der Waals surface area contributed by atoms with Crippen LogP contribution in [0.2, 0.25) is 0 Å². The molecule has 242 valence electrons. The van der Waals surface area contributed by atoms with Crippen molar-refractivity contribution in [3.63, 3.8) is 0 Å². The first-order valence-electron chi connectivity index (χ1n) is 16.1. The molecule has 0 bridgehead atoms. The smallest absolute Gasteiger partial charge is 0.305 e. The minimum absolute atomic E-state index is 0.0252. The molecule has 4 N–H and O–H groups in total. The van der Waals surface area contributed by atoms with Gasteiger partial charge in [0.05, 0.1) is 40.1 Å². The number of phenols is 1. The minimum atomic E-state index is -0.729. The van der Waals surface area contributed by atoms with Gasteiger partial charge in [0.1, 0.15) is 11.3 Å². The van der Waals surface area contributed by atoms with Gasteiger partial charge in [0.25, 0.3) is 0 Å². The number of carbonyl (C=O) groups excluding carboxylic acids is 1. The van der Waals surface area contributed by atoms with Crippen LogP contribution in [0.15, 0.2) is 22.3 Å². The van der Waals surface area contributed by atoms with Crippen LogP contribution in [0.1, 0.15) is 80.2 Å².